The average molecular weight is 349 g/mol. The van der Waals surface area contributed by atoms with Gasteiger partial charge in [-0.1, -0.05) is 12.1 Å². The van der Waals surface area contributed by atoms with Crippen LogP contribution in [0.3, 0.4) is 0 Å². The molecule has 0 bridgehead atoms. The number of benzene rings is 1. The van der Waals surface area contributed by atoms with Crippen LogP contribution in [-0.2, 0) is 6.54 Å². The van der Waals surface area contributed by atoms with Crippen molar-refractivity contribution in [1.82, 2.24) is 14.8 Å². The van der Waals surface area contributed by atoms with E-state index < -0.39 is 0 Å². The Balaban J connectivity index is 1.48. The van der Waals surface area contributed by atoms with Crippen LogP contribution in [0, 0.1) is 0 Å². The lowest BCUT2D eigenvalue weighted by molar-refractivity contribution is 0.145. The number of nitrogens with one attached hydrogen (secondary N) is 1. The Morgan fingerprint density at radius 1 is 1.08 bits per heavy atom. The molecule has 1 fully saturated rings. The second kappa shape index (κ2) is 7.58. The third-order valence-corrected chi connectivity index (χ3v) is 4.71. The maximum Gasteiger partial charge on any atom is 0.151 e. The average Bonchev–Trinajstić information content (AvgIpc) is 3.22. The lowest BCUT2D eigenvalue weighted by Crippen LogP contribution is -2.36. The van der Waals surface area contributed by atoms with Gasteiger partial charge in [-0.15, -0.1) is 0 Å². The summed E-state index contributed by atoms with van der Waals surface area (Å²) in [4.78, 5) is 6.81. The number of hydrogen-bond acceptors (Lipinski definition) is 5. The number of rotatable bonds is 5. The van der Waals surface area contributed by atoms with Gasteiger partial charge >= 0.3 is 0 Å². The minimum atomic E-state index is -0.184. The number of pyridine rings is 1. The minimum absolute atomic E-state index is 0.184. The van der Waals surface area contributed by atoms with Crippen molar-refractivity contribution in [2.24, 2.45) is 0 Å². The summed E-state index contributed by atoms with van der Waals surface area (Å²) in [6.45, 7) is 2.38. The van der Waals surface area contributed by atoms with E-state index in [1.165, 1.54) is 5.56 Å². The minimum Gasteiger partial charge on any atom is -0.393 e. The molecule has 6 heteroatoms. The summed E-state index contributed by atoms with van der Waals surface area (Å²) >= 11 is 0. The Morgan fingerprint density at radius 3 is 2.77 bits per heavy atom. The third kappa shape index (κ3) is 3.70. The molecule has 0 radical (unpaired) electrons. The van der Waals surface area contributed by atoms with Crippen LogP contribution in [0.4, 0.5) is 11.5 Å². The van der Waals surface area contributed by atoms with Crippen LogP contribution in [0.5, 0.6) is 0 Å². The fourth-order valence-electron chi connectivity index (χ4n) is 3.29. The van der Waals surface area contributed by atoms with E-state index in [1.54, 1.807) is 6.20 Å². The van der Waals surface area contributed by atoms with Crippen molar-refractivity contribution >= 4 is 11.5 Å². The van der Waals surface area contributed by atoms with Crippen molar-refractivity contribution in [3.63, 3.8) is 0 Å². The van der Waals surface area contributed by atoms with Gasteiger partial charge in [0.15, 0.2) is 5.82 Å². The van der Waals surface area contributed by atoms with E-state index in [0.717, 1.165) is 43.1 Å². The highest BCUT2D eigenvalue weighted by atomic mass is 16.3. The summed E-state index contributed by atoms with van der Waals surface area (Å²) in [7, 11) is 0. The molecule has 0 unspecified atom stereocenters. The molecule has 0 aliphatic carbocycles. The monoisotopic (exact) mass is 349 g/mol. The predicted molar refractivity (Wildman–Crippen MR) is 103 cm³/mol. The van der Waals surface area contributed by atoms with Crippen molar-refractivity contribution < 1.29 is 5.11 Å². The van der Waals surface area contributed by atoms with Gasteiger partial charge in [0.2, 0.25) is 0 Å². The van der Waals surface area contributed by atoms with Crippen LogP contribution in [-0.4, -0.2) is 39.1 Å². The largest absolute Gasteiger partial charge is 0.393 e. The van der Waals surface area contributed by atoms with E-state index in [9.17, 15) is 5.11 Å². The number of nitrogens with zero attached hydrogens (tertiary/aromatic N) is 4. The zero-order valence-electron chi connectivity index (χ0n) is 14.6. The number of aromatic nitrogens is 3. The predicted octanol–water partition coefficient (Wildman–Crippen LogP) is 2.84. The normalized spacial score (nSPS) is 15.2. The summed E-state index contributed by atoms with van der Waals surface area (Å²) in [5.41, 5.74) is 3.25. The fourth-order valence-corrected chi connectivity index (χ4v) is 3.29. The summed E-state index contributed by atoms with van der Waals surface area (Å²) in [5, 5.41) is 17.5. The van der Waals surface area contributed by atoms with Gasteiger partial charge in [-0.05, 0) is 48.7 Å². The van der Waals surface area contributed by atoms with Gasteiger partial charge in [0.05, 0.1) is 17.5 Å². The van der Waals surface area contributed by atoms with Gasteiger partial charge in [-0.2, -0.15) is 5.10 Å². The third-order valence-electron chi connectivity index (χ3n) is 4.71. The molecule has 1 aliphatic heterocycles. The first-order valence-corrected chi connectivity index (χ1v) is 9.00. The standard InChI is InChI=1S/C20H23N5O/c26-18-7-12-24(13-8-18)20-19(6-2-9-21-20)22-15-16-4-1-5-17(14-16)25-11-3-10-23-25/h1-6,9-11,14,18,22,26H,7-8,12-13,15H2. The van der Waals surface area contributed by atoms with Gasteiger partial charge in [0.1, 0.15) is 0 Å². The summed E-state index contributed by atoms with van der Waals surface area (Å²) in [5.74, 6) is 0.961. The molecule has 6 nitrogen and oxygen atoms in total. The molecule has 0 saturated carbocycles. The maximum absolute atomic E-state index is 9.73. The summed E-state index contributed by atoms with van der Waals surface area (Å²) in [6.07, 6.45) is 6.95. The van der Waals surface area contributed by atoms with Crippen LogP contribution in [0.25, 0.3) is 5.69 Å². The highest BCUT2D eigenvalue weighted by Gasteiger charge is 2.20. The highest BCUT2D eigenvalue weighted by molar-refractivity contribution is 5.65. The lowest BCUT2D eigenvalue weighted by Gasteiger charge is -2.31. The topological polar surface area (TPSA) is 66.2 Å². The Labute approximate surface area is 153 Å². The molecule has 1 aliphatic rings. The number of piperidine rings is 1. The molecule has 1 aromatic carbocycles. The van der Waals surface area contributed by atoms with Gasteiger partial charge in [-0.25, -0.2) is 9.67 Å². The molecule has 2 N–H and O–H groups in total. The van der Waals surface area contributed by atoms with Crippen LogP contribution >= 0.6 is 0 Å². The fraction of sp³-hybridized carbons (Fsp3) is 0.300. The molecule has 0 spiro atoms. The van der Waals surface area contributed by atoms with E-state index in [4.69, 9.17) is 0 Å². The van der Waals surface area contributed by atoms with E-state index in [-0.39, 0.29) is 6.10 Å². The van der Waals surface area contributed by atoms with E-state index >= 15 is 0 Å². The molecule has 26 heavy (non-hydrogen) atoms. The van der Waals surface area contributed by atoms with Crippen molar-refractivity contribution in [1.29, 1.82) is 0 Å². The zero-order valence-corrected chi connectivity index (χ0v) is 14.6. The van der Waals surface area contributed by atoms with Crippen LogP contribution in [0.15, 0.2) is 61.1 Å². The molecule has 0 amide bonds. The summed E-state index contributed by atoms with van der Waals surface area (Å²) < 4.78 is 1.86. The van der Waals surface area contributed by atoms with Crippen LogP contribution in [0.2, 0.25) is 0 Å². The molecular weight excluding hydrogens is 326 g/mol. The van der Waals surface area contributed by atoms with Crippen LogP contribution in [0.1, 0.15) is 18.4 Å². The lowest BCUT2D eigenvalue weighted by atomic mass is 10.1. The Bertz CT molecular complexity index is 841. The molecule has 1 saturated heterocycles. The molecule has 3 aromatic rings. The van der Waals surface area contributed by atoms with E-state index in [2.05, 4.69) is 38.5 Å². The summed E-state index contributed by atoms with van der Waals surface area (Å²) in [6, 6.07) is 14.3. The Kier molecular flexibility index (Phi) is 4.84. The number of aliphatic hydroxyl groups is 1. The second-order valence-electron chi connectivity index (χ2n) is 6.57. The van der Waals surface area contributed by atoms with Crippen molar-refractivity contribution in [2.45, 2.75) is 25.5 Å². The van der Waals surface area contributed by atoms with Gasteiger partial charge in [0.25, 0.3) is 0 Å². The SMILES string of the molecule is OC1CCN(c2ncccc2NCc2cccc(-n3cccn3)c2)CC1. The van der Waals surface area contributed by atoms with Crippen molar-refractivity contribution in [2.75, 3.05) is 23.3 Å². The molecule has 2 aromatic heterocycles. The number of anilines is 2. The number of hydrogen-bond donors (Lipinski definition) is 2. The van der Waals surface area contributed by atoms with Crippen molar-refractivity contribution in [3.8, 4) is 5.69 Å². The highest BCUT2D eigenvalue weighted by Crippen LogP contribution is 2.26. The van der Waals surface area contributed by atoms with Gasteiger partial charge in [0, 0.05) is 38.2 Å². The quantitative estimate of drug-likeness (QED) is 0.741. The van der Waals surface area contributed by atoms with E-state index in [0.29, 0.717) is 6.54 Å². The zero-order chi connectivity index (χ0) is 17.8. The van der Waals surface area contributed by atoms with Gasteiger partial charge in [-0.3, -0.25) is 0 Å². The second-order valence-corrected chi connectivity index (χ2v) is 6.57. The first-order chi connectivity index (χ1) is 12.8. The molecular formula is C20H23N5O. The van der Waals surface area contributed by atoms with Gasteiger partial charge < -0.3 is 15.3 Å². The first-order valence-electron chi connectivity index (χ1n) is 9.00. The smallest absolute Gasteiger partial charge is 0.151 e. The molecule has 134 valence electrons. The van der Waals surface area contributed by atoms with Crippen LogP contribution < -0.4 is 10.2 Å². The van der Waals surface area contributed by atoms with E-state index in [1.807, 2.05) is 41.3 Å². The Hall–Kier alpha value is -2.86. The molecule has 4 rings (SSSR count). The first kappa shape index (κ1) is 16.6. The maximum atomic E-state index is 9.73. The number of aliphatic hydroxyl groups excluding tert-OH is 1. The van der Waals surface area contributed by atoms with Crippen molar-refractivity contribution in [3.05, 3.63) is 66.6 Å². The Morgan fingerprint density at radius 2 is 1.96 bits per heavy atom. The molecule has 0 atom stereocenters. The molecule has 3 heterocycles.